The Hall–Kier alpha value is -1.65. The lowest BCUT2D eigenvalue weighted by atomic mass is 10.3. The molecule has 0 spiro atoms. The molecule has 0 radical (unpaired) electrons. The van der Waals surface area contributed by atoms with Crippen LogP contribution >= 0.6 is 23.2 Å². The predicted octanol–water partition coefficient (Wildman–Crippen LogP) is 3.64. The van der Waals surface area contributed by atoms with E-state index in [4.69, 9.17) is 23.2 Å². The van der Waals surface area contributed by atoms with Crippen LogP contribution in [0.3, 0.4) is 0 Å². The molecule has 0 unspecified atom stereocenters. The third-order valence-corrected chi connectivity index (χ3v) is 2.86. The van der Waals surface area contributed by atoms with E-state index in [2.05, 4.69) is 15.6 Å². The number of carbonyl (C=O) groups excluding carboxylic acids is 1. The molecule has 1 aromatic carbocycles. The maximum Gasteiger partial charge on any atom is 0.319 e. The van der Waals surface area contributed by atoms with Crippen molar-refractivity contribution < 1.29 is 4.79 Å². The van der Waals surface area contributed by atoms with E-state index in [0.29, 0.717) is 22.3 Å². The third kappa shape index (κ3) is 3.42. The zero-order valence-electron chi connectivity index (χ0n) is 9.34. The second-order valence-electron chi connectivity index (χ2n) is 3.65. The van der Waals surface area contributed by atoms with Crippen LogP contribution < -0.4 is 10.6 Å². The molecule has 1 aromatic heterocycles. The number of halogens is 2. The first kappa shape index (κ1) is 12.8. The number of aromatic nitrogens is 1. The molecule has 0 fully saturated rings. The van der Waals surface area contributed by atoms with Crippen molar-refractivity contribution in [3.05, 3.63) is 52.3 Å². The molecule has 3 N–H and O–H groups in total. The number of benzene rings is 1. The molecule has 4 nitrogen and oxygen atoms in total. The van der Waals surface area contributed by atoms with E-state index in [1.807, 2.05) is 12.3 Å². The number of nitrogens with one attached hydrogen (secondary N) is 3. The molecular weight excluding hydrogens is 273 g/mol. The fraction of sp³-hybridized carbons (Fsp3) is 0.0833. The summed E-state index contributed by atoms with van der Waals surface area (Å²) < 4.78 is 0. The minimum Gasteiger partial charge on any atom is -0.367 e. The van der Waals surface area contributed by atoms with Gasteiger partial charge in [0, 0.05) is 24.0 Å². The highest BCUT2D eigenvalue weighted by molar-refractivity contribution is 6.35. The SMILES string of the molecule is O=C(NCc1cc[nH]c1)Nc1cc(Cl)ccc1Cl. The zero-order chi connectivity index (χ0) is 13.0. The molecule has 0 bridgehead atoms. The van der Waals surface area contributed by atoms with Gasteiger partial charge in [0.15, 0.2) is 0 Å². The molecule has 0 aliphatic heterocycles. The van der Waals surface area contributed by atoms with Gasteiger partial charge in [-0.25, -0.2) is 4.79 Å². The van der Waals surface area contributed by atoms with Crippen molar-refractivity contribution in [1.82, 2.24) is 10.3 Å². The van der Waals surface area contributed by atoms with Gasteiger partial charge in [0.2, 0.25) is 0 Å². The van der Waals surface area contributed by atoms with E-state index >= 15 is 0 Å². The summed E-state index contributed by atoms with van der Waals surface area (Å²) in [6.07, 6.45) is 3.61. The molecule has 94 valence electrons. The molecule has 6 heteroatoms. The van der Waals surface area contributed by atoms with Crippen LogP contribution in [0.2, 0.25) is 10.0 Å². The second kappa shape index (κ2) is 5.80. The van der Waals surface area contributed by atoms with E-state index in [9.17, 15) is 4.79 Å². The molecule has 0 atom stereocenters. The van der Waals surface area contributed by atoms with Crippen molar-refractivity contribution in [2.45, 2.75) is 6.54 Å². The summed E-state index contributed by atoms with van der Waals surface area (Å²) >= 11 is 11.8. The van der Waals surface area contributed by atoms with Crippen LogP contribution in [0.1, 0.15) is 5.56 Å². The van der Waals surface area contributed by atoms with Crippen molar-refractivity contribution in [2.24, 2.45) is 0 Å². The van der Waals surface area contributed by atoms with Gasteiger partial charge in [0.1, 0.15) is 0 Å². The minimum atomic E-state index is -0.333. The molecule has 0 saturated carbocycles. The average molecular weight is 284 g/mol. The molecule has 0 aliphatic rings. The summed E-state index contributed by atoms with van der Waals surface area (Å²) in [5.74, 6) is 0. The van der Waals surface area contributed by atoms with Crippen molar-refractivity contribution in [2.75, 3.05) is 5.32 Å². The number of aromatic amines is 1. The van der Waals surface area contributed by atoms with E-state index in [-0.39, 0.29) is 6.03 Å². The Kier molecular flexibility index (Phi) is 4.12. The van der Waals surface area contributed by atoms with Crippen LogP contribution in [0, 0.1) is 0 Å². The fourth-order valence-electron chi connectivity index (χ4n) is 1.41. The lowest BCUT2D eigenvalue weighted by molar-refractivity contribution is 0.252. The first-order valence-corrected chi connectivity index (χ1v) is 6.02. The maximum absolute atomic E-state index is 11.6. The number of urea groups is 1. The first-order valence-electron chi connectivity index (χ1n) is 5.27. The Labute approximate surface area is 114 Å². The first-order chi connectivity index (χ1) is 8.65. The molecule has 0 saturated heterocycles. The van der Waals surface area contributed by atoms with Crippen molar-refractivity contribution >= 4 is 34.9 Å². The Bertz CT molecular complexity index is 540. The van der Waals surface area contributed by atoms with Gasteiger partial charge >= 0.3 is 6.03 Å². The lowest BCUT2D eigenvalue weighted by Crippen LogP contribution is -2.28. The van der Waals surface area contributed by atoms with E-state index in [0.717, 1.165) is 5.56 Å². The van der Waals surface area contributed by atoms with Crippen LogP contribution in [0.15, 0.2) is 36.7 Å². The van der Waals surface area contributed by atoms with Gasteiger partial charge in [0.05, 0.1) is 10.7 Å². The number of anilines is 1. The topological polar surface area (TPSA) is 56.9 Å². The number of rotatable bonds is 3. The van der Waals surface area contributed by atoms with Gasteiger partial charge in [-0.15, -0.1) is 0 Å². The molecule has 2 aromatic rings. The van der Waals surface area contributed by atoms with Crippen LogP contribution in [-0.4, -0.2) is 11.0 Å². The summed E-state index contributed by atoms with van der Waals surface area (Å²) in [5, 5.41) is 6.30. The Morgan fingerprint density at radius 3 is 2.83 bits per heavy atom. The van der Waals surface area contributed by atoms with Crippen LogP contribution in [-0.2, 0) is 6.54 Å². The van der Waals surface area contributed by atoms with Crippen LogP contribution in [0.25, 0.3) is 0 Å². The number of carbonyl (C=O) groups is 1. The Balaban J connectivity index is 1.92. The van der Waals surface area contributed by atoms with Gasteiger partial charge in [-0.3, -0.25) is 0 Å². The molecular formula is C12H11Cl2N3O. The molecule has 2 amide bonds. The monoisotopic (exact) mass is 283 g/mol. The number of H-pyrrole nitrogens is 1. The summed E-state index contributed by atoms with van der Waals surface area (Å²) in [6.45, 7) is 0.438. The quantitative estimate of drug-likeness (QED) is 0.791. The summed E-state index contributed by atoms with van der Waals surface area (Å²) in [6, 6.07) is 6.44. The molecule has 1 heterocycles. The minimum absolute atomic E-state index is 0.333. The third-order valence-electron chi connectivity index (χ3n) is 2.29. The van der Waals surface area contributed by atoms with E-state index in [1.165, 1.54) is 0 Å². The highest BCUT2D eigenvalue weighted by atomic mass is 35.5. The van der Waals surface area contributed by atoms with Crippen LogP contribution in [0.4, 0.5) is 10.5 Å². The molecule has 0 aliphatic carbocycles. The highest BCUT2D eigenvalue weighted by Crippen LogP contribution is 2.25. The fourth-order valence-corrected chi connectivity index (χ4v) is 1.75. The number of hydrogen-bond acceptors (Lipinski definition) is 1. The predicted molar refractivity (Wildman–Crippen MR) is 73.1 cm³/mol. The summed E-state index contributed by atoms with van der Waals surface area (Å²) in [7, 11) is 0. The number of hydrogen-bond donors (Lipinski definition) is 3. The smallest absolute Gasteiger partial charge is 0.319 e. The lowest BCUT2D eigenvalue weighted by Gasteiger charge is -2.08. The highest BCUT2D eigenvalue weighted by Gasteiger charge is 2.06. The van der Waals surface area contributed by atoms with E-state index in [1.54, 1.807) is 24.4 Å². The van der Waals surface area contributed by atoms with E-state index < -0.39 is 0 Å². The van der Waals surface area contributed by atoms with Gasteiger partial charge < -0.3 is 15.6 Å². The largest absolute Gasteiger partial charge is 0.367 e. The van der Waals surface area contributed by atoms with Crippen molar-refractivity contribution in [1.29, 1.82) is 0 Å². The van der Waals surface area contributed by atoms with Gasteiger partial charge in [-0.2, -0.15) is 0 Å². The molecule has 18 heavy (non-hydrogen) atoms. The second-order valence-corrected chi connectivity index (χ2v) is 4.49. The maximum atomic E-state index is 11.6. The normalized spacial score (nSPS) is 10.1. The van der Waals surface area contributed by atoms with Gasteiger partial charge in [0.25, 0.3) is 0 Å². The van der Waals surface area contributed by atoms with Gasteiger partial charge in [-0.05, 0) is 29.8 Å². The standard InChI is InChI=1S/C12H11Cl2N3O/c13-9-1-2-10(14)11(5-9)17-12(18)16-7-8-3-4-15-6-8/h1-6,15H,7H2,(H2,16,17,18). The average Bonchev–Trinajstić information content (AvgIpc) is 2.84. The molecule has 2 rings (SSSR count). The summed E-state index contributed by atoms with van der Waals surface area (Å²) in [4.78, 5) is 14.5. The van der Waals surface area contributed by atoms with Crippen molar-refractivity contribution in [3.63, 3.8) is 0 Å². The van der Waals surface area contributed by atoms with Gasteiger partial charge in [-0.1, -0.05) is 23.2 Å². The van der Waals surface area contributed by atoms with Crippen LogP contribution in [0.5, 0.6) is 0 Å². The Morgan fingerprint density at radius 2 is 2.11 bits per heavy atom. The van der Waals surface area contributed by atoms with Crippen molar-refractivity contribution in [3.8, 4) is 0 Å². The summed E-state index contributed by atoms with van der Waals surface area (Å²) in [5.41, 5.74) is 1.47. The number of amides is 2. The zero-order valence-corrected chi connectivity index (χ0v) is 10.8. The Morgan fingerprint density at radius 1 is 1.28 bits per heavy atom.